The number of aryl methyl sites for hydroxylation is 1. The molecule has 0 aliphatic heterocycles. The average molecular weight is 338 g/mol. The van der Waals surface area contributed by atoms with Crippen LogP contribution in [0.3, 0.4) is 0 Å². The van der Waals surface area contributed by atoms with Crippen LogP contribution in [0, 0.1) is 0 Å². The number of amides is 2. The molecule has 0 aliphatic rings. The molecule has 2 unspecified atom stereocenters. The molecule has 2 atom stereocenters. The molecule has 0 spiro atoms. The first-order valence-electron chi connectivity index (χ1n) is 8.69. The summed E-state index contributed by atoms with van der Waals surface area (Å²) >= 11 is 0. The normalized spacial score (nSPS) is 12.9. The van der Waals surface area contributed by atoms with Gasteiger partial charge in [0.25, 0.3) is 0 Å². The lowest BCUT2D eigenvalue weighted by molar-refractivity contribution is -0.123. The Labute approximate surface area is 149 Å². The Morgan fingerprint density at radius 2 is 1.56 bits per heavy atom. The van der Waals surface area contributed by atoms with Crippen molar-refractivity contribution >= 4 is 11.8 Å². The lowest BCUT2D eigenvalue weighted by atomic mass is 10.0. The molecule has 2 N–H and O–H groups in total. The quantitative estimate of drug-likeness (QED) is 0.809. The van der Waals surface area contributed by atoms with Crippen molar-refractivity contribution in [1.29, 1.82) is 0 Å². The molecule has 0 saturated heterocycles. The fourth-order valence-corrected chi connectivity index (χ4v) is 2.79. The molecule has 0 aromatic heterocycles. The van der Waals surface area contributed by atoms with Gasteiger partial charge in [0.1, 0.15) is 0 Å². The van der Waals surface area contributed by atoms with E-state index in [0.717, 1.165) is 17.5 Å². The fraction of sp³-hybridized carbons (Fsp3) is 0.333. The van der Waals surface area contributed by atoms with Gasteiger partial charge in [-0.1, -0.05) is 61.5 Å². The van der Waals surface area contributed by atoms with Crippen LogP contribution < -0.4 is 10.6 Å². The van der Waals surface area contributed by atoms with Crippen molar-refractivity contribution in [2.45, 2.75) is 45.7 Å². The molecule has 25 heavy (non-hydrogen) atoms. The minimum Gasteiger partial charge on any atom is -0.350 e. The van der Waals surface area contributed by atoms with Gasteiger partial charge in [-0.05, 0) is 30.0 Å². The van der Waals surface area contributed by atoms with E-state index in [-0.39, 0.29) is 30.3 Å². The number of carbonyl (C=O) groups is 2. The van der Waals surface area contributed by atoms with E-state index in [9.17, 15) is 9.59 Å². The number of rotatable bonds is 7. The van der Waals surface area contributed by atoms with Crippen molar-refractivity contribution in [3.8, 4) is 0 Å². The molecule has 2 rings (SSSR count). The highest BCUT2D eigenvalue weighted by Gasteiger charge is 2.18. The third-order valence-electron chi connectivity index (χ3n) is 4.23. The Kier molecular flexibility index (Phi) is 6.75. The first kappa shape index (κ1) is 18.7. The first-order chi connectivity index (χ1) is 12.0. The van der Waals surface area contributed by atoms with E-state index in [1.165, 1.54) is 12.5 Å². The zero-order valence-electron chi connectivity index (χ0n) is 15.1. The molecule has 0 fully saturated rings. The lowest BCUT2D eigenvalue weighted by Crippen LogP contribution is -2.33. The van der Waals surface area contributed by atoms with Crippen molar-refractivity contribution < 1.29 is 9.59 Å². The zero-order chi connectivity index (χ0) is 18.2. The standard InChI is InChI=1S/C21H26N2O2/c1-4-17-10-12-18(13-11-17)15(2)22-21(25)14-20(23-16(3)24)19-8-6-5-7-9-19/h5-13,15,20H,4,14H2,1-3H3,(H,22,25)(H,23,24). The second-order valence-corrected chi connectivity index (χ2v) is 6.25. The maximum Gasteiger partial charge on any atom is 0.222 e. The zero-order valence-corrected chi connectivity index (χ0v) is 15.1. The summed E-state index contributed by atoms with van der Waals surface area (Å²) < 4.78 is 0. The molecule has 0 aliphatic carbocycles. The van der Waals surface area contributed by atoms with Crippen LogP contribution in [0.5, 0.6) is 0 Å². The van der Waals surface area contributed by atoms with Gasteiger partial charge in [0.05, 0.1) is 18.5 Å². The lowest BCUT2D eigenvalue weighted by Gasteiger charge is -2.20. The first-order valence-corrected chi connectivity index (χ1v) is 8.69. The van der Waals surface area contributed by atoms with E-state index >= 15 is 0 Å². The topological polar surface area (TPSA) is 58.2 Å². The third kappa shape index (κ3) is 5.75. The van der Waals surface area contributed by atoms with Gasteiger partial charge in [-0.15, -0.1) is 0 Å². The van der Waals surface area contributed by atoms with Gasteiger partial charge in [0.2, 0.25) is 11.8 Å². The molecule has 0 radical (unpaired) electrons. The predicted octanol–water partition coefficient (Wildman–Crippen LogP) is 3.69. The van der Waals surface area contributed by atoms with Crippen LogP contribution in [0.1, 0.15) is 56.0 Å². The number of hydrogen-bond acceptors (Lipinski definition) is 2. The largest absolute Gasteiger partial charge is 0.350 e. The minimum absolute atomic E-state index is 0.0767. The second kappa shape index (κ2) is 9.02. The maximum absolute atomic E-state index is 12.5. The highest BCUT2D eigenvalue weighted by molar-refractivity contribution is 5.79. The SMILES string of the molecule is CCc1ccc(C(C)NC(=O)CC(NC(C)=O)c2ccccc2)cc1. The number of nitrogens with one attached hydrogen (secondary N) is 2. The van der Waals surface area contributed by atoms with Crippen molar-refractivity contribution in [3.63, 3.8) is 0 Å². The monoisotopic (exact) mass is 338 g/mol. The molecule has 4 nitrogen and oxygen atoms in total. The van der Waals surface area contributed by atoms with E-state index in [4.69, 9.17) is 0 Å². The second-order valence-electron chi connectivity index (χ2n) is 6.25. The highest BCUT2D eigenvalue weighted by atomic mass is 16.2. The van der Waals surface area contributed by atoms with Crippen LogP contribution in [-0.2, 0) is 16.0 Å². The molecule has 2 aromatic rings. The van der Waals surface area contributed by atoms with Crippen LogP contribution in [0.4, 0.5) is 0 Å². The third-order valence-corrected chi connectivity index (χ3v) is 4.23. The van der Waals surface area contributed by atoms with Gasteiger partial charge < -0.3 is 10.6 Å². The van der Waals surface area contributed by atoms with Gasteiger partial charge >= 0.3 is 0 Å². The average Bonchev–Trinajstić information content (AvgIpc) is 2.61. The van der Waals surface area contributed by atoms with E-state index in [0.29, 0.717) is 0 Å². The molecular formula is C21H26N2O2. The summed E-state index contributed by atoms with van der Waals surface area (Å²) in [5, 5.41) is 5.87. The van der Waals surface area contributed by atoms with Crippen LogP contribution in [0.2, 0.25) is 0 Å². The Morgan fingerprint density at radius 3 is 2.12 bits per heavy atom. The Morgan fingerprint density at radius 1 is 0.920 bits per heavy atom. The predicted molar refractivity (Wildman–Crippen MR) is 100.0 cm³/mol. The summed E-state index contributed by atoms with van der Waals surface area (Å²) in [5.74, 6) is -0.237. The smallest absolute Gasteiger partial charge is 0.222 e. The van der Waals surface area contributed by atoms with Crippen molar-refractivity contribution in [2.75, 3.05) is 0 Å². The number of carbonyl (C=O) groups excluding carboxylic acids is 2. The summed E-state index contributed by atoms with van der Waals surface area (Å²) in [6.07, 6.45) is 1.21. The van der Waals surface area contributed by atoms with Crippen molar-refractivity contribution in [3.05, 3.63) is 71.3 Å². The molecule has 132 valence electrons. The van der Waals surface area contributed by atoms with Gasteiger partial charge in [-0.3, -0.25) is 9.59 Å². The van der Waals surface area contributed by atoms with Crippen LogP contribution >= 0.6 is 0 Å². The van der Waals surface area contributed by atoms with E-state index in [2.05, 4.69) is 29.7 Å². The molecule has 0 saturated carbocycles. The van der Waals surface area contributed by atoms with E-state index in [1.54, 1.807) is 0 Å². The van der Waals surface area contributed by atoms with E-state index in [1.807, 2.05) is 49.4 Å². The summed E-state index contributed by atoms with van der Waals surface area (Å²) in [5.41, 5.74) is 3.27. The van der Waals surface area contributed by atoms with Crippen molar-refractivity contribution in [2.24, 2.45) is 0 Å². The summed E-state index contributed by atoms with van der Waals surface area (Å²) in [6.45, 7) is 5.55. The Bertz CT molecular complexity index is 696. The Balaban J connectivity index is 2.01. The molecule has 2 aromatic carbocycles. The molecular weight excluding hydrogens is 312 g/mol. The van der Waals surface area contributed by atoms with Crippen LogP contribution in [0.15, 0.2) is 54.6 Å². The van der Waals surface area contributed by atoms with Crippen LogP contribution in [-0.4, -0.2) is 11.8 Å². The summed E-state index contributed by atoms with van der Waals surface area (Å²) in [6, 6.07) is 17.4. The van der Waals surface area contributed by atoms with Gasteiger partial charge in [-0.2, -0.15) is 0 Å². The molecule has 4 heteroatoms. The Hall–Kier alpha value is -2.62. The highest BCUT2D eigenvalue weighted by Crippen LogP contribution is 2.18. The minimum atomic E-state index is -0.326. The number of benzene rings is 2. The summed E-state index contributed by atoms with van der Waals surface area (Å²) in [4.78, 5) is 23.9. The molecule has 0 bridgehead atoms. The van der Waals surface area contributed by atoms with Crippen molar-refractivity contribution in [1.82, 2.24) is 10.6 Å². The molecule has 0 heterocycles. The molecule has 2 amide bonds. The van der Waals surface area contributed by atoms with Gasteiger partial charge in [-0.25, -0.2) is 0 Å². The van der Waals surface area contributed by atoms with Gasteiger partial charge in [0, 0.05) is 6.92 Å². The van der Waals surface area contributed by atoms with Gasteiger partial charge in [0.15, 0.2) is 0 Å². The van der Waals surface area contributed by atoms with Crippen LogP contribution in [0.25, 0.3) is 0 Å². The summed E-state index contributed by atoms with van der Waals surface area (Å²) in [7, 11) is 0. The van der Waals surface area contributed by atoms with E-state index < -0.39 is 0 Å². The fourth-order valence-electron chi connectivity index (χ4n) is 2.79. The maximum atomic E-state index is 12.5. The number of hydrogen-bond donors (Lipinski definition) is 2.